The highest BCUT2D eigenvalue weighted by Crippen LogP contribution is 2.10. The number of fused-ring (bicyclic) bond motifs is 1. The number of hydrogen-bond donors (Lipinski definition) is 1. The predicted octanol–water partition coefficient (Wildman–Crippen LogP) is 1.56. The van der Waals surface area contributed by atoms with Crippen LogP contribution in [0.1, 0.15) is 24.3 Å². The first-order valence-corrected chi connectivity index (χ1v) is 6.63. The summed E-state index contributed by atoms with van der Waals surface area (Å²) in [5.41, 5.74) is 1.51. The summed E-state index contributed by atoms with van der Waals surface area (Å²) in [6.45, 7) is 3.65. The first-order valence-electron chi connectivity index (χ1n) is 6.63. The molecule has 0 bridgehead atoms. The lowest BCUT2D eigenvalue weighted by molar-refractivity contribution is -0.144. The standard InChI is InChI=1S/C15H17N3O3/c1-9(2)13(15(20)21-3)18-14(19)12-8-16-10-6-4-5-7-11(10)17-12/h4-9,13H,1-3H3,(H,18,19). The highest BCUT2D eigenvalue weighted by Gasteiger charge is 2.25. The highest BCUT2D eigenvalue weighted by atomic mass is 16.5. The van der Waals surface area contributed by atoms with Crippen LogP contribution >= 0.6 is 0 Å². The molecule has 110 valence electrons. The molecule has 1 aromatic carbocycles. The maximum atomic E-state index is 12.2. The molecule has 0 aliphatic carbocycles. The number of ether oxygens (including phenoxy) is 1. The highest BCUT2D eigenvalue weighted by molar-refractivity contribution is 5.96. The van der Waals surface area contributed by atoms with Gasteiger partial charge in [-0.3, -0.25) is 9.78 Å². The Kier molecular flexibility index (Phi) is 4.47. The van der Waals surface area contributed by atoms with Gasteiger partial charge in [-0.15, -0.1) is 0 Å². The van der Waals surface area contributed by atoms with Crippen LogP contribution in [0.2, 0.25) is 0 Å². The van der Waals surface area contributed by atoms with Crippen LogP contribution in [0.5, 0.6) is 0 Å². The Morgan fingerprint density at radius 2 is 1.86 bits per heavy atom. The molecule has 0 aliphatic heterocycles. The van der Waals surface area contributed by atoms with Crippen LogP contribution in [0.3, 0.4) is 0 Å². The fraction of sp³-hybridized carbons (Fsp3) is 0.333. The maximum Gasteiger partial charge on any atom is 0.328 e. The molecule has 6 heteroatoms. The van der Waals surface area contributed by atoms with Crippen molar-refractivity contribution < 1.29 is 14.3 Å². The van der Waals surface area contributed by atoms with Gasteiger partial charge in [-0.25, -0.2) is 9.78 Å². The molecule has 0 aliphatic rings. The van der Waals surface area contributed by atoms with Crippen molar-refractivity contribution in [3.8, 4) is 0 Å². The molecule has 1 N–H and O–H groups in total. The van der Waals surface area contributed by atoms with Crippen LogP contribution < -0.4 is 5.32 Å². The smallest absolute Gasteiger partial charge is 0.328 e. The second-order valence-corrected chi connectivity index (χ2v) is 4.96. The maximum absolute atomic E-state index is 12.2. The first kappa shape index (κ1) is 14.9. The molecule has 1 aromatic heterocycles. The zero-order chi connectivity index (χ0) is 15.4. The zero-order valence-corrected chi connectivity index (χ0v) is 12.2. The Hall–Kier alpha value is -2.50. The first-order chi connectivity index (χ1) is 10.0. The minimum Gasteiger partial charge on any atom is -0.467 e. The Bertz CT molecular complexity index is 670. The Morgan fingerprint density at radius 3 is 2.48 bits per heavy atom. The topological polar surface area (TPSA) is 81.2 Å². The van der Waals surface area contributed by atoms with Crippen LogP contribution in [0.15, 0.2) is 30.5 Å². The molecule has 1 atom stereocenters. The van der Waals surface area contributed by atoms with Gasteiger partial charge in [-0.2, -0.15) is 0 Å². The molecule has 0 fully saturated rings. The Balaban J connectivity index is 2.23. The molecule has 1 heterocycles. The van der Waals surface area contributed by atoms with Gasteiger partial charge in [0.25, 0.3) is 5.91 Å². The van der Waals surface area contributed by atoms with Crippen LogP contribution in [0.25, 0.3) is 11.0 Å². The molecule has 0 saturated heterocycles. The summed E-state index contributed by atoms with van der Waals surface area (Å²) in [7, 11) is 1.29. The Morgan fingerprint density at radius 1 is 1.19 bits per heavy atom. The molecule has 2 rings (SSSR count). The molecule has 1 unspecified atom stereocenters. The number of carbonyl (C=O) groups excluding carboxylic acids is 2. The third-order valence-corrected chi connectivity index (χ3v) is 3.09. The lowest BCUT2D eigenvalue weighted by atomic mass is 10.0. The van der Waals surface area contributed by atoms with E-state index in [2.05, 4.69) is 15.3 Å². The molecule has 21 heavy (non-hydrogen) atoms. The van der Waals surface area contributed by atoms with Gasteiger partial charge in [-0.1, -0.05) is 26.0 Å². The van der Waals surface area contributed by atoms with Gasteiger partial charge in [0.05, 0.1) is 24.3 Å². The van der Waals surface area contributed by atoms with E-state index in [1.165, 1.54) is 13.3 Å². The van der Waals surface area contributed by atoms with Crippen molar-refractivity contribution in [1.82, 2.24) is 15.3 Å². The number of carbonyl (C=O) groups is 2. The number of para-hydroxylation sites is 2. The number of esters is 1. The predicted molar refractivity (Wildman–Crippen MR) is 77.6 cm³/mol. The van der Waals surface area contributed by atoms with Crippen molar-refractivity contribution in [3.63, 3.8) is 0 Å². The van der Waals surface area contributed by atoms with Gasteiger partial charge in [0.2, 0.25) is 0 Å². The van der Waals surface area contributed by atoms with Crippen LogP contribution in [0, 0.1) is 5.92 Å². The number of amides is 1. The van der Waals surface area contributed by atoms with Crippen molar-refractivity contribution in [2.24, 2.45) is 5.92 Å². The lowest BCUT2D eigenvalue weighted by Crippen LogP contribution is -2.45. The minimum absolute atomic E-state index is 0.0881. The summed E-state index contributed by atoms with van der Waals surface area (Å²) in [5, 5.41) is 2.63. The quantitative estimate of drug-likeness (QED) is 0.863. The average Bonchev–Trinajstić information content (AvgIpc) is 2.50. The van der Waals surface area contributed by atoms with Gasteiger partial charge in [-0.05, 0) is 18.1 Å². The fourth-order valence-electron chi connectivity index (χ4n) is 1.91. The van der Waals surface area contributed by atoms with E-state index in [0.717, 1.165) is 0 Å². The number of nitrogens with one attached hydrogen (secondary N) is 1. The van der Waals surface area contributed by atoms with E-state index in [4.69, 9.17) is 4.74 Å². The Labute approximate surface area is 122 Å². The number of methoxy groups -OCH3 is 1. The van der Waals surface area contributed by atoms with Gasteiger partial charge >= 0.3 is 5.97 Å². The summed E-state index contributed by atoms with van der Waals surface area (Å²) in [6.07, 6.45) is 1.40. The number of nitrogens with zero attached hydrogens (tertiary/aromatic N) is 2. The van der Waals surface area contributed by atoms with Crippen LogP contribution in [-0.4, -0.2) is 35.0 Å². The van der Waals surface area contributed by atoms with Gasteiger partial charge in [0.1, 0.15) is 11.7 Å². The van der Waals surface area contributed by atoms with Crippen molar-refractivity contribution in [2.45, 2.75) is 19.9 Å². The van der Waals surface area contributed by atoms with Crippen LogP contribution in [-0.2, 0) is 9.53 Å². The minimum atomic E-state index is -0.712. The summed E-state index contributed by atoms with van der Waals surface area (Å²) >= 11 is 0. The zero-order valence-electron chi connectivity index (χ0n) is 12.2. The lowest BCUT2D eigenvalue weighted by Gasteiger charge is -2.19. The van der Waals surface area contributed by atoms with Gasteiger partial charge in [0, 0.05) is 0 Å². The largest absolute Gasteiger partial charge is 0.467 e. The molecule has 6 nitrogen and oxygen atoms in total. The van der Waals surface area contributed by atoms with Crippen molar-refractivity contribution in [3.05, 3.63) is 36.2 Å². The van der Waals surface area contributed by atoms with Gasteiger partial charge in [0.15, 0.2) is 0 Å². The molecule has 0 spiro atoms. The normalized spacial score (nSPS) is 12.2. The van der Waals surface area contributed by atoms with Crippen LogP contribution in [0.4, 0.5) is 0 Å². The van der Waals surface area contributed by atoms with E-state index in [1.54, 1.807) is 6.07 Å². The van der Waals surface area contributed by atoms with Gasteiger partial charge < -0.3 is 10.1 Å². The van der Waals surface area contributed by atoms with E-state index in [9.17, 15) is 9.59 Å². The molecule has 2 aromatic rings. The number of aromatic nitrogens is 2. The third kappa shape index (κ3) is 3.34. The third-order valence-electron chi connectivity index (χ3n) is 3.09. The molecule has 1 amide bonds. The SMILES string of the molecule is COC(=O)C(NC(=O)c1cnc2ccccc2n1)C(C)C. The summed E-state index contributed by atoms with van der Waals surface area (Å²) in [6, 6.07) is 6.55. The van der Waals surface area contributed by atoms with Crippen molar-refractivity contribution in [2.75, 3.05) is 7.11 Å². The van der Waals surface area contributed by atoms with Crippen molar-refractivity contribution >= 4 is 22.9 Å². The summed E-state index contributed by atoms with van der Waals surface area (Å²) < 4.78 is 4.69. The molecule has 0 radical (unpaired) electrons. The van der Waals surface area contributed by atoms with E-state index in [0.29, 0.717) is 11.0 Å². The monoisotopic (exact) mass is 287 g/mol. The number of hydrogen-bond acceptors (Lipinski definition) is 5. The molecule has 0 saturated carbocycles. The summed E-state index contributed by atoms with van der Waals surface area (Å²) in [4.78, 5) is 32.3. The van der Waals surface area contributed by atoms with E-state index >= 15 is 0 Å². The second-order valence-electron chi connectivity index (χ2n) is 4.96. The fourth-order valence-corrected chi connectivity index (χ4v) is 1.91. The number of rotatable bonds is 4. The van der Waals surface area contributed by atoms with E-state index in [1.807, 2.05) is 32.0 Å². The molecular formula is C15H17N3O3. The van der Waals surface area contributed by atoms with E-state index < -0.39 is 17.9 Å². The second kappa shape index (κ2) is 6.30. The van der Waals surface area contributed by atoms with E-state index in [-0.39, 0.29) is 11.6 Å². The average molecular weight is 287 g/mol. The number of benzene rings is 1. The van der Waals surface area contributed by atoms with Crippen molar-refractivity contribution in [1.29, 1.82) is 0 Å². The molecular weight excluding hydrogens is 270 g/mol. The summed E-state index contributed by atoms with van der Waals surface area (Å²) in [5.74, 6) is -1.01.